The van der Waals surface area contributed by atoms with Crippen molar-refractivity contribution in [1.82, 2.24) is 10.3 Å². The van der Waals surface area contributed by atoms with E-state index >= 15 is 0 Å². The van der Waals surface area contributed by atoms with Crippen LogP contribution >= 0.6 is 0 Å². The molecule has 2 atom stereocenters. The Morgan fingerprint density at radius 2 is 1.90 bits per heavy atom. The molecule has 3 nitrogen and oxygen atoms in total. The maximum absolute atomic E-state index is 10.2. The van der Waals surface area contributed by atoms with Crippen molar-refractivity contribution in [1.29, 1.82) is 0 Å². The van der Waals surface area contributed by atoms with Gasteiger partial charge in [-0.25, -0.2) is 0 Å². The van der Waals surface area contributed by atoms with Crippen LogP contribution in [-0.4, -0.2) is 16.1 Å². The van der Waals surface area contributed by atoms with Crippen LogP contribution in [0.25, 0.3) is 0 Å². The van der Waals surface area contributed by atoms with Crippen LogP contribution in [0.2, 0.25) is 0 Å². The summed E-state index contributed by atoms with van der Waals surface area (Å²) in [5.74, 6) is 0. The van der Waals surface area contributed by atoms with Gasteiger partial charge < -0.3 is 10.4 Å². The molecule has 0 saturated carbocycles. The maximum atomic E-state index is 10.2. The molecular formula is C17H22N2O. The van der Waals surface area contributed by atoms with Crippen molar-refractivity contribution >= 4 is 0 Å². The third kappa shape index (κ3) is 4.44. The van der Waals surface area contributed by atoms with Crippen LogP contribution in [0.3, 0.4) is 0 Å². The molecule has 1 aromatic carbocycles. The second kappa shape index (κ2) is 7.17. The fraction of sp³-hybridized carbons (Fsp3) is 0.353. The molecule has 20 heavy (non-hydrogen) atoms. The van der Waals surface area contributed by atoms with E-state index < -0.39 is 6.10 Å². The molecule has 2 unspecified atom stereocenters. The van der Waals surface area contributed by atoms with Crippen molar-refractivity contribution in [3.05, 3.63) is 65.5 Å². The molecule has 0 fully saturated rings. The van der Waals surface area contributed by atoms with Gasteiger partial charge in [0.25, 0.3) is 0 Å². The van der Waals surface area contributed by atoms with Crippen LogP contribution in [0.1, 0.15) is 36.3 Å². The smallest absolute Gasteiger partial charge is 0.0804 e. The summed E-state index contributed by atoms with van der Waals surface area (Å²) in [7, 11) is 0. The molecule has 1 heterocycles. The molecule has 2 aromatic rings. The minimum atomic E-state index is -0.426. The van der Waals surface area contributed by atoms with E-state index in [1.807, 2.05) is 49.5 Å². The maximum Gasteiger partial charge on any atom is 0.0804 e. The summed E-state index contributed by atoms with van der Waals surface area (Å²) in [5, 5.41) is 13.6. The zero-order valence-electron chi connectivity index (χ0n) is 12.1. The van der Waals surface area contributed by atoms with E-state index in [9.17, 15) is 5.11 Å². The molecule has 0 aliphatic carbocycles. The predicted molar refractivity (Wildman–Crippen MR) is 81.3 cm³/mol. The van der Waals surface area contributed by atoms with Crippen LogP contribution in [0, 0.1) is 6.92 Å². The zero-order valence-corrected chi connectivity index (χ0v) is 12.1. The highest BCUT2D eigenvalue weighted by atomic mass is 16.3. The van der Waals surface area contributed by atoms with Crippen molar-refractivity contribution in [3.8, 4) is 0 Å². The van der Waals surface area contributed by atoms with Crippen molar-refractivity contribution in [2.45, 2.75) is 39.0 Å². The summed E-state index contributed by atoms with van der Waals surface area (Å²) >= 11 is 0. The molecule has 0 spiro atoms. The fourth-order valence-corrected chi connectivity index (χ4v) is 2.11. The molecule has 1 aromatic heterocycles. The average molecular weight is 270 g/mol. The summed E-state index contributed by atoms with van der Waals surface area (Å²) in [4.78, 5) is 4.36. The van der Waals surface area contributed by atoms with Crippen LogP contribution in [-0.2, 0) is 6.54 Å². The van der Waals surface area contributed by atoms with E-state index in [2.05, 4.69) is 23.3 Å². The number of aliphatic hydroxyl groups is 1. The average Bonchev–Trinajstić information content (AvgIpc) is 2.47. The molecule has 0 aliphatic rings. The molecule has 0 bridgehead atoms. The first kappa shape index (κ1) is 14.7. The Morgan fingerprint density at radius 3 is 2.55 bits per heavy atom. The van der Waals surface area contributed by atoms with Gasteiger partial charge in [0, 0.05) is 18.8 Å². The highest BCUT2D eigenvalue weighted by Gasteiger charge is 2.11. The number of aliphatic hydroxyl groups excluding tert-OH is 1. The lowest BCUT2D eigenvalue weighted by Gasteiger charge is -2.18. The first-order valence-electron chi connectivity index (χ1n) is 7.03. The van der Waals surface area contributed by atoms with Gasteiger partial charge in [-0.2, -0.15) is 0 Å². The van der Waals surface area contributed by atoms with Gasteiger partial charge in [0.15, 0.2) is 0 Å². The van der Waals surface area contributed by atoms with Crippen molar-refractivity contribution in [2.75, 3.05) is 0 Å². The van der Waals surface area contributed by atoms with E-state index in [0.29, 0.717) is 6.42 Å². The van der Waals surface area contributed by atoms with Gasteiger partial charge in [-0.1, -0.05) is 36.4 Å². The van der Waals surface area contributed by atoms with Crippen molar-refractivity contribution in [3.63, 3.8) is 0 Å². The van der Waals surface area contributed by atoms with Crippen molar-refractivity contribution in [2.24, 2.45) is 0 Å². The Labute approximate surface area is 120 Å². The number of aromatic nitrogens is 1. The molecule has 2 N–H and O–H groups in total. The topological polar surface area (TPSA) is 45.1 Å². The number of pyridine rings is 1. The summed E-state index contributed by atoms with van der Waals surface area (Å²) in [6.45, 7) is 4.84. The Bertz CT molecular complexity index is 510. The molecular weight excluding hydrogens is 248 g/mol. The van der Waals surface area contributed by atoms with Gasteiger partial charge in [-0.05, 0) is 37.5 Å². The second-order valence-electron chi connectivity index (χ2n) is 5.27. The number of hydrogen-bond acceptors (Lipinski definition) is 3. The lowest BCUT2D eigenvalue weighted by molar-refractivity contribution is 0.153. The Hall–Kier alpha value is -1.71. The number of aryl methyl sites for hydroxylation is 1. The van der Waals surface area contributed by atoms with Gasteiger partial charge in [0.2, 0.25) is 0 Å². The molecule has 3 heteroatoms. The first-order chi connectivity index (χ1) is 9.65. The van der Waals surface area contributed by atoms with E-state index in [0.717, 1.165) is 17.8 Å². The summed E-state index contributed by atoms with van der Waals surface area (Å²) < 4.78 is 0. The highest BCUT2D eigenvalue weighted by molar-refractivity contribution is 5.17. The molecule has 0 amide bonds. The summed E-state index contributed by atoms with van der Waals surface area (Å²) in [6, 6.07) is 14.1. The lowest BCUT2D eigenvalue weighted by Crippen LogP contribution is -2.27. The van der Waals surface area contributed by atoms with Crippen LogP contribution in [0.4, 0.5) is 0 Å². The first-order valence-corrected chi connectivity index (χ1v) is 7.03. The zero-order chi connectivity index (χ0) is 14.4. The van der Waals surface area contributed by atoms with E-state index in [1.165, 1.54) is 5.56 Å². The molecule has 106 valence electrons. The Kier molecular flexibility index (Phi) is 5.27. The third-order valence-corrected chi connectivity index (χ3v) is 3.37. The van der Waals surface area contributed by atoms with Gasteiger partial charge in [-0.3, -0.25) is 4.98 Å². The molecule has 0 saturated heterocycles. The number of rotatable bonds is 6. The molecule has 2 rings (SSSR count). The van der Waals surface area contributed by atoms with Crippen LogP contribution in [0.15, 0.2) is 48.7 Å². The van der Waals surface area contributed by atoms with Crippen LogP contribution < -0.4 is 5.32 Å². The van der Waals surface area contributed by atoms with Gasteiger partial charge in [0.1, 0.15) is 0 Å². The predicted octanol–water partition coefficient (Wildman–Crippen LogP) is 2.99. The highest BCUT2D eigenvalue weighted by Crippen LogP contribution is 2.17. The SMILES string of the molecule is Cc1ccc(CNC(C)CC(O)c2ccccc2)nc1. The minimum absolute atomic E-state index is 0.230. The summed E-state index contributed by atoms with van der Waals surface area (Å²) in [6.07, 6.45) is 2.14. The second-order valence-corrected chi connectivity index (χ2v) is 5.27. The fourth-order valence-electron chi connectivity index (χ4n) is 2.11. The van der Waals surface area contributed by atoms with Gasteiger partial charge in [-0.15, -0.1) is 0 Å². The van der Waals surface area contributed by atoms with Gasteiger partial charge in [0.05, 0.1) is 11.8 Å². The Morgan fingerprint density at radius 1 is 1.15 bits per heavy atom. The largest absolute Gasteiger partial charge is 0.388 e. The number of benzene rings is 1. The normalized spacial score (nSPS) is 13.9. The molecule has 0 aliphatic heterocycles. The number of hydrogen-bond donors (Lipinski definition) is 2. The number of nitrogens with one attached hydrogen (secondary N) is 1. The number of nitrogens with zero attached hydrogens (tertiary/aromatic N) is 1. The summed E-state index contributed by atoms with van der Waals surface area (Å²) in [5.41, 5.74) is 3.16. The van der Waals surface area contributed by atoms with Crippen LogP contribution in [0.5, 0.6) is 0 Å². The minimum Gasteiger partial charge on any atom is -0.388 e. The van der Waals surface area contributed by atoms with E-state index in [1.54, 1.807) is 0 Å². The van der Waals surface area contributed by atoms with E-state index in [4.69, 9.17) is 0 Å². The van der Waals surface area contributed by atoms with Crippen molar-refractivity contribution < 1.29 is 5.11 Å². The lowest BCUT2D eigenvalue weighted by atomic mass is 10.0. The van der Waals surface area contributed by atoms with E-state index in [-0.39, 0.29) is 6.04 Å². The Balaban J connectivity index is 1.80. The third-order valence-electron chi connectivity index (χ3n) is 3.37. The molecule has 0 radical (unpaired) electrons. The quantitative estimate of drug-likeness (QED) is 0.848. The monoisotopic (exact) mass is 270 g/mol. The van der Waals surface area contributed by atoms with Gasteiger partial charge >= 0.3 is 0 Å². The standard InChI is InChI=1S/C17H22N2O/c1-13-8-9-16(19-11-13)12-18-14(2)10-17(20)15-6-4-3-5-7-15/h3-9,11,14,17-18,20H,10,12H2,1-2H3.